The average Bonchev–Trinajstić information content (AvgIpc) is 3.16. The van der Waals surface area contributed by atoms with E-state index in [0.29, 0.717) is 31.9 Å². The molecule has 0 atom stereocenters. The van der Waals surface area contributed by atoms with Crippen LogP contribution in [0.4, 0.5) is 11.4 Å². The van der Waals surface area contributed by atoms with Gasteiger partial charge in [-0.1, -0.05) is 12.1 Å². The second kappa shape index (κ2) is 6.65. The maximum Gasteiger partial charge on any atom is 0.356 e. The molecule has 4 aromatic rings. The molecular formula is C20H17N3O4S. The Labute approximate surface area is 164 Å². The molecule has 4 rings (SSSR count). The summed E-state index contributed by atoms with van der Waals surface area (Å²) >= 11 is 1.27. The molecule has 8 heteroatoms. The third kappa shape index (κ3) is 2.61. The lowest BCUT2D eigenvalue weighted by Crippen LogP contribution is -2.08. The number of esters is 1. The smallest absolute Gasteiger partial charge is 0.356 e. The van der Waals surface area contributed by atoms with Gasteiger partial charge in [-0.25, -0.2) is 4.79 Å². The van der Waals surface area contributed by atoms with E-state index in [-0.39, 0.29) is 12.3 Å². The van der Waals surface area contributed by atoms with Gasteiger partial charge in [0.05, 0.1) is 37.9 Å². The van der Waals surface area contributed by atoms with E-state index in [1.54, 1.807) is 29.5 Å². The van der Waals surface area contributed by atoms with Gasteiger partial charge in [0, 0.05) is 17.6 Å². The first-order valence-corrected chi connectivity index (χ1v) is 9.49. The third-order valence-electron chi connectivity index (χ3n) is 4.58. The molecule has 0 aliphatic carbocycles. The van der Waals surface area contributed by atoms with Crippen molar-refractivity contribution in [3.63, 3.8) is 0 Å². The Morgan fingerprint density at radius 1 is 1.32 bits per heavy atom. The number of hydrogen-bond acceptors (Lipinski definition) is 6. The van der Waals surface area contributed by atoms with E-state index in [9.17, 15) is 14.9 Å². The molecule has 28 heavy (non-hydrogen) atoms. The predicted molar refractivity (Wildman–Crippen MR) is 110 cm³/mol. The zero-order valence-electron chi connectivity index (χ0n) is 15.3. The highest BCUT2D eigenvalue weighted by atomic mass is 32.1. The number of nitrogens with two attached hydrogens (primary N) is 1. The minimum atomic E-state index is -0.452. The number of aromatic nitrogens is 1. The summed E-state index contributed by atoms with van der Waals surface area (Å²) in [6, 6.07) is 10.3. The molecule has 0 radical (unpaired) electrons. The summed E-state index contributed by atoms with van der Waals surface area (Å²) in [4.78, 5) is 24.3. The monoisotopic (exact) mass is 395 g/mol. The Balaban J connectivity index is 2.10. The number of carbonyl (C=O) groups is 1. The summed E-state index contributed by atoms with van der Waals surface area (Å²) in [6.45, 7) is 3.95. The number of fused-ring (bicyclic) bond motifs is 3. The van der Waals surface area contributed by atoms with Gasteiger partial charge in [-0.15, -0.1) is 11.3 Å². The van der Waals surface area contributed by atoms with Crippen LogP contribution in [0.5, 0.6) is 0 Å². The van der Waals surface area contributed by atoms with Crippen molar-refractivity contribution >= 4 is 44.3 Å². The van der Waals surface area contributed by atoms with Crippen molar-refractivity contribution < 1.29 is 14.5 Å². The SMILES string of the molecule is CCOC(=O)c1c2sc(-c3ccccc3[N+](=O)[O-])c(N)c2c2cc(C)ccn12. The van der Waals surface area contributed by atoms with Gasteiger partial charge in [-0.2, -0.15) is 0 Å². The number of hydrogen-bond donors (Lipinski definition) is 1. The number of ether oxygens (including phenoxy) is 1. The maximum atomic E-state index is 12.7. The van der Waals surface area contributed by atoms with Crippen LogP contribution in [0.1, 0.15) is 23.0 Å². The number of nitrogen functional groups attached to an aromatic ring is 1. The number of benzene rings is 1. The van der Waals surface area contributed by atoms with Crippen molar-refractivity contribution in [1.82, 2.24) is 4.40 Å². The normalized spacial score (nSPS) is 11.2. The Hall–Kier alpha value is -3.39. The van der Waals surface area contributed by atoms with Crippen molar-refractivity contribution in [3.05, 3.63) is 64.0 Å². The summed E-state index contributed by atoms with van der Waals surface area (Å²) in [7, 11) is 0. The van der Waals surface area contributed by atoms with Gasteiger partial charge in [0.15, 0.2) is 0 Å². The second-order valence-corrected chi connectivity index (χ2v) is 7.37. The van der Waals surface area contributed by atoms with Crippen LogP contribution in [0.3, 0.4) is 0 Å². The highest BCUT2D eigenvalue weighted by Crippen LogP contribution is 2.47. The predicted octanol–water partition coefficient (Wildman–Crippen LogP) is 4.80. The van der Waals surface area contributed by atoms with E-state index >= 15 is 0 Å². The standard InChI is InChI=1S/C20H17N3O4S/c1-3-27-20(24)17-19-15(14-10-11(2)8-9-22(14)17)16(21)18(28-19)12-6-4-5-7-13(12)23(25)26/h4-10H,3,21H2,1-2H3. The van der Waals surface area contributed by atoms with Gasteiger partial charge in [-0.05, 0) is 37.6 Å². The summed E-state index contributed by atoms with van der Waals surface area (Å²) in [5.74, 6) is -0.452. The summed E-state index contributed by atoms with van der Waals surface area (Å²) < 4.78 is 7.68. The van der Waals surface area contributed by atoms with E-state index < -0.39 is 10.9 Å². The zero-order valence-corrected chi connectivity index (χ0v) is 16.1. The second-order valence-electron chi connectivity index (χ2n) is 6.35. The first kappa shape index (κ1) is 18.0. The number of thiophene rings is 1. The van der Waals surface area contributed by atoms with Gasteiger partial charge >= 0.3 is 5.97 Å². The first-order valence-electron chi connectivity index (χ1n) is 8.67. The zero-order chi connectivity index (χ0) is 20.0. The molecule has 0 bridgehead atoms. The summed E-state index contributed by atoms with van der Waals surface area (Å²) in [5, 5.41) is 12.2. The van der Waals surface area contributed by atoms with Crippen LogP contribution in [0.25, 0.3) is 26.0 Å². The van der Waals surface area contributed by atoms with Gasteiger partial charge in [0.1, 0.15) is 5.69 Å². The molecule has 1 aromatic carbocycles. The Bertz CT molecular complexity index is 1260. The molecule has 7 nitrogen and oxygen atoms in total. The molecule has 142 valence electrons. The number of aryl methyl sites for hydroxylation is 1. The van der Waals surface area contributed by atoms with Crippen LogP contribution >= 0.6 is 11.3 Å². The Morgan fingerprint density at radius 2 is 2.07 bits per heavy atom. The molecular weight excluding hydrogens is 378 g/mol. The summed E-state index contributed by atoms with van der Waals surface area (Å²) in [6.07, 6.45) is 1.81. The summed E-state index contributed by atoms with van der Waals surface area (Å²) in [5.41, 5.74) is 9.47. The number of anilines is 1. The fraction of sp³-hybridized carbons (Fsp3) is 0.150. The van der Waals surface area contributed by atoms with Crippen LogP contribution in [-0.2, 0) is 4.74 Å². The van der Waals surface area contributed by atoms with E-state index in [0.717, 1.165) is 11.1 Å². The van der Waals surface area contributed by atoms with Crippen molar-refractivity contribution in [3.8, 4) is 10.4 Å². The molecule has 0 spiro atoms. The lowest BCUT2D eigenvalue weighted by molar-refractivity contribution is -0.384. The Kier molecular flexibility index (Phi) is 4.27. The van der Waals surface area contributed by atoms with E-state index in [2.05, 4.69) is 0 Å². The van der Waals surface area contributed by atoms with Crippen molar-refractivity contribution in [2.45, 2.75) is 13.8 Å². The molecule has 0 aliphatic heterocycles. The fourth-order valence-corrected chi connectivity index (χ4v) is 4.68. The molecule has 3 aromatic heterocycles. The van der Waals surface area contributed by atoms with Crippen LogP contribution < -0.4 is 5.73 Å². The van der Waals surface area contributed by atoms with E-state index in [4.69, 9.17) is 10.5 Å². The molecule has 0 saturated carbocycles. The third-order valence-corrected chi connectivity index (χ3v) is 5.83. The van der Waals surface area contributed by atoms with E-state index in [1.165, 1.54) is 17.4 Å². The van der Waals surface area contributed by atoms with Crippen LogP contribution in [0.2, 0.25) is 0 Å². The van der Waals surface area contributed by atoms with Crippen molar-refractivity contribution in [2.24, 2.45) is 0 Å². The van der Waals surface area contributed by atoms with Crippen molar-refractivity contribution in [1.29, 1.82) is 0 Å². The minimum Gasteiger partial charge on any atom is -0.461 e. The highest BCUT2D eigenvalue weighted by molar-refractivity contribution is 7.23. The van der Waals surface area contributed by atoms with Gasteiger partial charge < -0.3 is 14.9 Å². The molecule has 0 unspecified atom stereocenters. The highest BCUT2D eigenvalue weighted by Gasteiger charge is 2.27. The number of para-hydroxylation sites is 1. The molecule has 0 amide bonds. The number of nitro benzene ring substituents is 1. The number of carbonyl (C=O) groups excluding carboxylic acids is 1. The molecule has 0 aliphatic rings. The average molecular weight is 395 g/mol. The van der Waals surface area contributed by atoms with Gasteiger partial charge in [0.25, 0.3) is 5.69 Å². The maximum absolute atomic E-state index is 12.7. The first-order chi connectivity index (χ1) is 13.4. The number of nitrogens with zero attached hydrogens (tertiary/aromatic N) is 2. The Morgan fingerprint density at radius 3 is 2.79 bits per heavy atom. The topological polar surface area (TPSA) is 99.9 Å². The number of nitro groups is 1. The van der Waals surface area contributed by atoms with Crippen LogP contribution in [0, 0.1) is 17.0 Å². The quantitative estimate of drug-likeness (QED) is 0.304. The lowest BCUT2D eigenvalue weighted by atomic mass is 10.1. The van der Waals surface area contributed by atoms with E-state index in [1.807, 2.05) is 25.3 Å². The van der Waals surface area contributed by atoms with Crippen LogP contribution in [-0.4, -0.2) is 21.9 Å². The molecule has 0 saturated heterocycles. The van der Waals surface area contributed by atoms with Gasteiger partial charge in [0.2, 0.25) is 0 Å². The fourth-order valence-electron chi connectivity index (χ4n) is 3.38. The molecule has 0 fully saturated rings. The van der Waals surface area contributed by atoms with Crippen LogP contribution in [0.15, 0.2) is 42.6 Å². The van der Waals surface area contributed by atoms with Gasteiger partial charge in [-0.3, -0.25) is 10.1 Å². The molecule has 3 heterocycles. The minimum absolute atomic E-state index is 0.0241. The molecule has 2 N–H and O–H groups in total. The lowest BCUT2D eigenvalue weighted by Gasteiger charge is -2.05. The number of rotatable bonds is 4. The number of pyridine rings is 1. The largest absolute Gasteiger partial charge is 0.461 e. The van der Waals surface area contributed by atoms with Crippen molar-refractivity contribution in [2.75, 3.05) is 12.3 Å².